The molecule has 146 valence electrons. The number of anilines is 1. The van der Waals surface area contributed by atoms with Crippen molar-refractivity contribution < 1.29 is 14.8 Å². The van der Waals surface area contributed by atoms with Gasteiger partial charge >= 0.3 is 0 Å². The van der Waals surface area contributed by atoms with Gasteiger partial charge in [0, 0.05) is 19.5 Å². The van der Waals surface area contributed by atoms with Crippen LogP contribution in [0.5, 0.6) is 0 Å². The number of rotatable bonds is 6. The van der Waals surface area contributed by atoms with Gasteiger partial charge in [0.2, 0.25) is 5.89 Å². The van der Waals surface area contributed by atoms with Crippen LogP contribution in [0, 0.1) is 5.21 Å². The lowest BCUT2D eigenvalue weighted by Gasteiger charge is -2.23. The molecule has 28 heavy (non-hydrogen) atoms. The lowest BCUT2D eigenvalue weighted by Crippen LogP contribution is -2.24. The number of benzene rings is 2. The molecule has 8 heteroatoms. The summed E-state index contributed by atoms with van der Waals surface area (Å²) < 4.78 is 5.49. The highest BCUT2D eigenvalue weighted by atomic mass is 16.8. The maximum absolute atomic E-state index is 10.9. The topological polar surface area (TPSA) is 109 Å². The molecule has 2 atom stereocenters. The maximum Gasteiger partial charge on any atom is 0.244 e. The summed E-state index contributed by atoms with van der Waals surface area (Å²) in [4.78, 5) is 6.62. The van der Waals surface area contributed by atoms with Crippen molar-refractivity contribution in [1.82, 2.24) is 15.0 Å². The fraction of sp³-hybridized carbons (Fsp3) is 0.300. The summed E-state index contributed by atoms with van der Waals surface area (Å²) in [5.74, 6) is 1.12. The molecule has 1 aliphatic rings. The molecule has 1 saturated heterocycles. The molecule has 2 aromatic carbocycles. The van der Waals surface area contributed by atoms with Crippen molar-refractivity contribution in [2.24, 2.45) is 0 Å². The van der Waals surface area contributed by atoms with E-state index in [0.29, 0.717) is 37.6 Å². The number of hydrogen-bond donors (Lipinski definition) is 2. The second kappa shape index (κ2) is 8.07. The first-order valence-corrected chi connectivity index (χ1v) is 9.12. The van der Waals surface area contributed by atoms with E-state index >= 15 is 0 Å². The lowest BCUT2D eigenvalue weighted by atomic mass is 10.1. The highest BCUT2D eigenvalue weighted by molar-refractivity contribution is 5.45. The van der Waals surface area contributed by atoms with E-state index in [1.165, 1.54) is 0 Å². The second-order valence-electron chi connectivity index (χ2n) is 6.99. The Hall–Kier alpha value is -2.78. The fourth-order valence-electron chi connectivity index (χ4n) is 3.53. The van der Waals surface area contributed by atoms with Crippen LogP contribution in [0.15, 0.2) is 59.1 Å². The molecule has 8 nitrogen and oxygen atoms in total. The Morgan fingerprint density at radius 1 is 1.11 bits per heavy atom. The minimum Gasteiger partial charge on any atom is -0.733 e. The van der Waals surface area contributed by atoms with Crippen molar-refractivity contribution in [2.45, 2.75) is 31.5 Å². The van der Waals surface area contributed by atoms with E-state index in [1.54, 1.807) is 24.3 Å². The molecule has 0 radical (unpaired) electrons. The molecule has 0 unspecified atom stereocenters. The molecule has 0 bridgehead atoms. The summed E-state index contributed by atoms with van der Waals surface area (Å²) >= 11 is 0. The summed E-state index contributed by atoms with van der Waals surface area (Å²) in [6.45, 7) is 1.05. The van der Waals surface area contributed by atoms with Crippen LogP contribution < -0.4 is 5.23 Å². The van der Waals surface area contributed by atoms with E-state index in [-0.39, 0.29) is 17.0 Å². The molecule has 3 aromatic rings. The Bertz CT molecular complexity index is 898. The van der Waals surface area contributed by atoms with Crippen molar-refractivity contribution >= 4 is 5.69 Å². The first kappa shape index (κ1) is 18.6. The number of nitrogens with zero attached hydrogens (tertiary/aromatic N) is 4. The van der Waals surface area contributed by atoms with Crippen molar-refractivity contribution in [3.05, 3.63) is 82.6 Å². The van der Waals surface area contributed by atoms with E-state index in [9.17, 15) is 10.3 Å². The van der Waals surface area contributed by atoms with E-state index in [4.69, 9.17) is 9.73 Å². The van der Waals surface area contributed by atoms with Crippen molar-refractivity contribution in [3.63, 3.8) is 0 Å². The van der Waals surface area contributed by atoms with Crippen LogP contribution in [-0.4, -0.2) is 38.0 Å². The molecular formula is C20H21N4O4-. The zero-order valence-corrected chi connectivity index (χ0v) is 15.2. The molecule has 0 saturated carbocycles. The Balaban J connectivity index is 1.47. The molecule has 2 N–H and O–H groups in total. The van der Waals surface area contributed by atoms with Gasteiger partial charge in [-0.3, -0.25) is 10.1 Å². The van der Waals surface area contributed by atoms with Crippen LogP contribution in [-0.2, 0) is 13.0 Å². The number of β-amino-alcohol motifs (C(OH)–C–C–N with tert-alkyl or cyclic N) is 1. The van der Waals surface area contributed by atoms with Crippen LogP contribution in [0.25, 0.3) is 0 Å². The number of aromatic nitrogens is 2. The maximum atomic E-state index is 10.9. The third-order valence-electron chi connectivity index (χ3n) is 4.90. The van der Waals surface area contributed by atoms with Gasteiger partial charge in [-0.15, -0.1) is 0 Å². The van der Waals surface area contributed by atoms with Gasteiger partial charge in [0.05, 0.1) is 17.8 Å². The zero-order valence-electron chi connectivity index (χ0n) is 15.2. The molecule has 1 aromatic heterocycles. The smallest absolute Gasteiger partial charge is 0.244 e. The summed E-state index contributed by atoms with van der Waals surface area (Å²) in [7, 11) is 0. The summed E-state index contributed by atoms with van der Waals surface area (Å²) in [6.07, 6.45) is 0.646. The molecule has 1 fully saturated rings. The second-order valence-corrected chi connectivity index (χ2v) is 6.99. The largest absolute Gasteiger partial charge is 0.733 e. The molecule has 0 amide bonds. The van der Waals surface area contributed by atoms with Gasteiger partial charge in [0.1, 0.15) is 0 Å². The molecule has 1 aliphatic heterocycles. The zero-order chi connectivity index (χ0) is 19.5. The fourth-order valence-corrected chi connectivity index (χ4v) is 3.53. The predicted octanol–water partition coefficient (Wildman–Crippen LogP) is 2.66. The van der Waals surface area contributed by atoms with E-state index < -0.39 is 6.10 Å². The number of hydrogen-bond acceptors (Lipinski definition) is 8. The molecule has 2 heterocycles. The van der Waals surface area contributed by atoms with Gasteiger partial charge in [0.25, 0.3) is 0 Å². The summed E-state index contributed by atoms with van der Waals surface area (Å²) in [6, 6.07) is 16.4. The standard InChI is InChI=1S/C20H21N4O4/c25-17-11-18(20-21-19(22-28-20)10-14-4-2-1-3-5-14)23(13-17)12-15-6-8-16(9-7-15)24(26)27/h1-9,17-18,25-26H,10-13H2/q-1/t17-,18+/m1/s1. The minimum absolute atomic E-state index is 0.166. The average molecular weight is 381 g/mol. The monoisotopic (exact) mass is 381 g/mol. The average Bonchev–Trinajstić information content (AvgIpc) is 3.29. The van der Waals surface area contributed by atoms with Crippen molar-refractivity contribution in [2.75, 3.05) is 11.8 Å². The highest BCUT2D eigenvalue weighted by Gasteiger charge is 2.35. The SMILES string of the molecule is [O-]N(O)c1ccc(CN2C[C@H](O)C[C@H]2c2nc(Cc3ccccc3)no2)cc1. The van der Waals surface area contributed by atoms with Crippen molar-refractivity contribution in [1.29, 1.82) is 0 Å². The van der Waals surface area contributed by atoms with Gasteiger partial charge in [-0.1, -0.05) is 47.6 Å². The van der Waals surface area contributed by atoms with Gasteiger partial charge in [0.15, 0.2) is 5.82 Å². The predicted molar refractivity (Wildman–Crippen MR) is 101 cm³/mol. The third kappa shape index (κ3) is 4.20. The molecule has 4 rings (SSSR count). The summed E-state index contributed by atoms with van der Waals surface area (Å²) in [5.41, 5.74) is 2.23. The third-order valence-corrected chi connectivity index (χ3v) is 4.90. The van der Waals surface area contributed by atoms with Crippen LogP contribution in [0.4, 0.5) is 5.69 Å². The van der Waals surface area contributed by atoms with Crippen LogP contribution in [0.3, 0.4) is 0 Å². The normalized spacial score (nSPS) is 19.8. The van der Waals surface area contributed by atoms with Gasteiger partial charge < -0.3 is 20.1 Å². The van der Waals surface area contributed by atoms with Crippen molar-refractivity contribution in [3.8, 4) is 0 Å². The lowest BCUT2D eigenvalue weighted by molar-refractivity contribution is 0.169. The molecule has 0 spiro atoms. The van der Waals surface area contributed by atoms with Crippen LogP contribution in [0.1, 0.15) is 35.3 Å². The Morgan fingerprint density at radius 2 is 1.86 bits per heavy atom. The van der Waals surface area contributed by atoms with Gasteiger partial charge in [-0.05, 0) is 29.7 Å². The van der Waals surface area contributed by atoms with E-state index in [0.717, 1.165) is 11.1 Å². The van der Waals surface area contributed by atoms with E-state index in [1.807, 2.05) is 30.3 Å². The van der Waals surface area contributed by atoms with Gasteiger partial charge in [-0.25, -0.2) is 0 Å². The first-order valence-electron chi connectivity index (χ1n) is 9.12. The Labute approximate surface area is 162 Å². The Kier molecular flexibility index (Phi) is 5.36. The number of aliphatic hydroxyl groups is 1. The number of aliphatic hydroxyl groups excluding tert-OH is 1. The van der Waals surface area contributed by atoms with Crippen LogP contribution in [0.2, 0.25) is 0 Å². The molecular weight excluding hydrogens is 360 g/mol. The van der Waals surface area contributed by atoms with E-state index in [2.05, 4.69) is 15.0 Å². The van der Waals surface area contributed by atoms with Crippen LogP contribution >= 0.6 is 0 Å². The quantitative estimate of drug-likeness (QED) is 0.627. The van der Waals surface area contributed by atoms with Gasteiger partial charge in [-0.2, -0.15) is 4.98 Å². The Morgan fingerprint density at radius 3 is 2.57 bits per heavy atom. The minimum atomic E-state index is -0.469. The first-order chi connectivity index (χ1) is 13.6. The number of likely N-dealkylation sites (tertiary alicyclic amines) is 1. The summed E-state index contributed by atoms with van der Waals surface area (Å²) in [5, 5.41) is 33.9. The molecule has 0 aliphatic carbocycles. The highest BCUT2D eigenvalue weighted by Crippen LogP contribution is 2.33.